The lowest BCUT2D eigenvalue weighted by molar-refractivity contribution is 0.682. The molecule has 0 aromatic heterocycles. The van der Waals surface area contributed by atoms with E-state index in [-0.39, 0.29) is 0 Å². The average Bonchev–Trinajstić information content (AvgIpc) is 1.85. The smallest absolute Gasteiger partial charge is 0.123 e. The van der Waals surface area contributed by atoms with Crippen LogP contribution >= 0.6 is 0 Å². The average molecular weight is 170 g/mol. The summed E-state index contributed by atoms with van der Waals surface area (Å²) >= 11 is 0. The first-order valence-electron chi connectivity index (χ1n) is 3.14. The third-order valence-corrected chi connectivity index (χ3v) is 1.71. The summed E-state index contributed by atoms with van der Waals surface area (Å²) in [6, 6.07) is 9.07. The van der Waals surface area contributed by atoms with Gasteiger partial charge in [-0.15, -0.1) is 0 Å². The van der Waals surface area contributed by atoms with Crippen molar-refractivity contribution in [1.82, 2.24) is 0 Å². The van der Waals surface area contributed by atoms with Gasteiger partial charge in [0.2, 0.25) is 0 Å². The third-order valence-electron chi connectivity index (χ3n) is 1.09. The fourth-order valence-corrected chi connectivity index (χ4v) is 1.32. The van der Waals surface area contributed by atoms with E-state index in [0.717, 1.165) is 5.69 Å². The molecule has 0 saturated heterocycles. The van der Waals surface area contributed by atoms with Crippen molar-refractivity contribution in [1.29, 1.82) is 4.78 Å². The molecule has 0 spiro atoms. The van der Waals surface area contributed by atoms with Crippen molar-refractivity contribution in [3.05, 3.63) is 30.3 Å². The molecule has 0 fully saturated rings. The summed E-state index contributed by atoms with van der Waals surface area (Å²) in [5.41, 5.74) is 0.718. The van der Waals surface area contributed by atoms with Crippen molar-refractivity contribution in [2.75, 3.05) is 11.0 Å². The summed E-state index contributed by atoms with van der Waals surface area (Å²) in [6.07, 6.45) is 1.35. The molecule has 1 unspecified atom stereocenters. The Bertz CT molecular complexity index is 318. The molecule has 0 bridgehead atoms. The zero-order valence-corrected chi connectivity index (χ0v) is 7.02. The first-order valence-corrected chi connectivity index (χ1v) is 5.11. The lowest BCUT2D eigenvalue weighted by Gasteiger charge is -2.03. The Morgan fingerprint density at radius 1 is 1.36 bits per heavy atom. The number of nitrogens with one attached hydrogen (secondary N) is 2. The molecule has 0 amide bonds. The molecule has 0 saturated carbocycles. The van der Waals surface area contributed by atoms with E-state index in [1.165, 1.54) is 6.26 Å². The lowest BCUT2D eigenvalue weighted by Crippen LogP contribution is -2.07. The maximum atomic E-state index is 10.9. The SMILES string of the molecule is CS(=N)(=O)Nc1ccccc1. The Kier molecular flexibility index (Phi) is 2.14. The molecule has 60 valence electrons. The maximum absolute atomic E-state index is 10.9. The van der Waals surface area contributed by atoms with Crippen LogP contribution in [0.15, 0.2) is 30.3 Å². The van der Waals surface area contributed by atoms with E-state index in [9.17, 15) is 4.21 Å². The predicted octanol–water partition coefficient (Wildman–Crippen LogP) is 1.69. The molecule has 0 heterocycles. The van der Waals surface area contributed by atoms with Crippen LogP contribution < -0.4 is 4.72 Å². The summed E-state index contributed by atoms with van der Waals surface area (Å²) in [7, 11) is -2.63. The molecule has 3 nitrogen and oxygen atoms in total. The first-order chi connectivity index (χ1) is 5.08. The van der Waals surface area contributed by atoms with Crippen molar-refractivity contribution < 1.29 is 4.21 Å². The second-order valence-corrected chi connectivity index (χ2v) is 4.20. The molecule has 0 aliphatic carbocycles. The van der Waals surface area contributed by atoms with E-state index in [1.54, 1.807) is 12.1 Å². The summed E-state index contributed by atoms with van der Waals surface area (Å²) < 4.78 is 20.6. The van der Waals surface area contributed by atoms with Gasteiger partial charge in [-0.3, -0.25) is 4.72 Å². The summed E-state index contributed by atoms with van der Waals surface area (Å²) in [6.45, 7) is 0. The van der Waals surface area contributed by atoms with Gasteiger partial charge in [-0.05, 0) is 12.1 Å². The highest BCUT2D eigenvalue weighted by molar-refractivity contribution is 7.93. The fraction of sp³-hybridized carbons (Fsp3) is 0.143. The van der Waals surface area contributed by atoms with Gasteiger partial charge in [0.25, 0.3) is 0 Å². The van der Waals surface area contributed by atoms with Crippen molar-refractivity contribution in [2.45, 2.75) is 0 Å². The number of anilines is 1. The first kappa shape index (κ1) is 8.07. The van der Waals surface area contributed by atoms with Crippen LogP contribution in [0.1, 0.15) is 0 Å². The Morgan fingerprint density at radius 2 is 1.91 bits per heavy atom. The normalized spacial score (nSPS) is 15.4. The Labute approximate surface area is 66.6 Å². The van der Waals surface area contributed by atoms with Crippen LogP contribution in [-0.2, 0) is 9.92 Å². The third kappa shape index (κ3) is 3.04. The van der Waals surface area contributed by atoms with Crippen LogP contribution in [0.25, 0.3) is 0 Å². The van der Waals surface area contributed by atoms with Gasteiger partial charge in [0.15, 0.2) is 0 Å². The highest BCUT2D eigenvalue weighted by Gasteiger charge is 1.94. The number of hydrogen-bond acceptors (Lipinski definition) is 2. The van der Waals surface area contributed by atoms with Gasteiger partial charge in [0, 0.05) is 11.9 Å². The second kappa shape index (κ2) is 2.92. The number of rotatable bonds is 2. The molecule has 4 heteroatoms. The van der Waals surface area contributed by atoms with Crippen LogP contribution in [0.4, 0.5) is 5.69 Å². The molecule has 0 aliphatic heterocycles. The molecule has 0 aliphatic rings. The van der Waals surface area contributed by atoms with Gasteiger partial charge in [0.05, 0.1) is 0 Å². The van der Waals surface area contributed by atoms with Crippen LogP contribution in [0.3, 0.4) is 0 Å². The molecule has 2 N–H and O–H groups in total. The van der Waals surface area contributed by atoms with E-state index in [0.29, 0.717) is 0 Å². The largest absolute Gasteiger partial charge is 0.299 e. The highest BCUT2D eigenvalue weighted by atomic mass is 32.2. The summed E-state index contributed by atoms with van der Waals surface area (Å²) in [5, 5.41) is 0. The van der Waals surface area contributed by atoms with Crippen LogP contribution in [0, 0.1) is 4.78 Å². The van der Waals surface area contributed by atoms with Gasteiger partial charge in [-0.1, -0.05) is 18.2 Å². The van der Waals surface area contributed by atoms with E-state index in [4.69, 9.17) is 4.78 Å². The predicted molar refractivity (Wildman–Crippen MR) is 46.9 cm³/mol. The zero-order valence-electron chi connectivity index (χ0n) is 6.20. The topological polar surface area (TPSA) is 53.0 Å². The Balaban J connectivity index is 2.82. The molecule has 1 aromatic rings. The monoisotopic (exact) mass is 170 g/mol. The van der Waals surface area contributed by atoms with Crippen molar-refractivity contribution in [2.24, 2.45) is 0 Å². The molecule has 1 aromatic carbocycles. The fourth-order valence-electron chi connectivity index (χ4n) is 0.731. The van der Waals surface area contributed by atoms with Gasteiger partial charge in [-0.25, -0.2) is 8.99 Å². The van der Waals surface area contributed by atoms with E-state index in [1.807, 2.05) is 18.2 Å². The summed E-state index contributed by atoms with van der Waals surface area (Å²) in [4.78, 5) is 0. The standard InChI is InChI=1S/C7H10N2OS/c1-11(8,10)9-7-5-3-2-4-6-7/h2-6H,1H3,(H2,8,9,10). The number of benzene rings is 1. The minimum absolute atomic E-state index is 0.718. The number of hydrogen-bond donors (Lipinski definition) is 2. The number of para-hydroxylation sites is 1. The molecular formula is C7H10N2OS. The summed E-state index contributed by atoms with van der Waals surface area (Å²) in [5.74, 6) is 0. The van der Waals surface area contributed by atoms with Gasteiger partial charge in [0.1, 0.15) is 9.92 Å². The van der Waals surface area contributed by atoms with Crippen LogP contribution in [-0.4, -0.2) is 10.5 Å². The van der Waals surface area contributed by atoms with Crippen molar-refractivity contribution in [3.8, 4) is 0 Å². The molecular weight excluding hydrogens is 160 g/mol. The maximum Gasteiger partial charge on any atom is 0.123 e. The van der Waals surface area contributed by atoms with Crippen molar-refractivity contribution in [3.63, 3.8) is 0 Å². The lowest BCUT2D eigenvalue weighted by atomic mass is 10.3. The van der Waals surface area contributed by atoms with E-state index >= 15 is 0 Å². The zero-order chi connectivity index (χ0) is 8.32. The van der Waals surface area contributed by atoms with E-state index < -0.39 is 9.92 Å². The quantitative estimate of drug-likeness (QED) is 0.697. The minimum Gasteiger partial charge on any atom is -0.299 e. The Hall–Kier alpha value is -1.03. The van der Waals surface area contributed by atoms with Gasteiger partial charge >= 0.3 is 0 Å². The molecule has 1 rings (SSSR count). The molecule has 1 atom stereocenters. The highest BCUT2D eigenvalue weighted by Crippen LogP contribution is 2.06. The van der Waals surface area contributed by atoms with Crippen molar-refractivity contribution >= 4 is 15.6 Å². The van der Waals surface area contributed by atoms with Crippen LogP contribution in [0.2, 0.25) is 0 Å². The van der Waals surface area contributed by atoms with E-state index in [2.05, 4.69) is 4.72 Å². The van der Waals surface area contributed by atoms with Gasteiger partial charge < -0.3 is 0 Å². The van der Waals surface area contributed by atoms with Crippen LogP contribution in [0.5, 0.6) is 0 Å². The molecule has 0 radical (unpaired) electrons. The molecule has 11 heavy (non-hydrogen) atoms. The van der Waals surface area contributed by atoms with Gasteiger partial charge in [-0.2, -0.15) is 0 Å². The Morgan fingerprint density at radius 3 is 2.36 bits per heavy atom. The second-order valence-electron chi connectivity index (χ2n) is 2.31. The minimum atomic E-state index is -2.63.